The average Bonchev–Trinajstić information content (AvgIpc) is 2.80. The van der Waals surface area contributed by atoms with Crippen molar-refractivity contribution in [3.8, 4) is 11.1 Å². The molecule has 0 aliphatic rings. The normalized spacial score (nSPS) is 10.9. The number of nitrogen functional groups attached to an aromatic ring is 1. The van der Waals surface area contributed by atoms with Crippen molar-refractivity contribution in [1.29, 1.82) is 0 Å². The van der Waals surface area contributed by atoms with Crippen LogP contribution < -0.4 is 5.73 Å². The molecule has 1 aromatic heterocycles. The van der Waals surface area contributed by atoms with Crippen LogP contribution in [0, 0.1) is 5.82 Å². The summed E-state index contributed by atoms with van der Waals surface area (Å²) in [4.78, 5) is 0. The maximum Gasteiger partial charge on any atom is 0.123 e. The summed E-state index contributed by atoms with van der Waals surface area (Å²) in [6.45, 7) is 0. The number of hydrogen-bond acceptors (Lipinski definition) is 2. The fraction of sp³-hybridized carbons (Fsp3) is 0. The molecule has 84 valence electrons. The van der Waals surface area contributed by atoms with Crippen LogP contribution in [0.4, 0.5) is 10.1 Å². The number of nitrogens with two attached hydrogens (primary N) is 1. The first-order valence-electron chi connectivity index (χ1n) is 5.27. The van der Waals surface area contributed by atoms with Crippen LogP contribution in [0.15, 0.2) is 47.8 Å². The second-order valence-corrected chi connectivity index (χ2v) is 4.79. The maximum atomic E-state index is 13.3. The lowest BCUT2D eigenvalue weighted by Crippen LogP contribution is -1.91. The third-order valence-corrected chi connectivity index (χ3v) is 3.75. The van der Waals surface area contributed by atoms with E-state index < -0.39 is 0 Å². The van der Waals surface area contributed by atoms with Gasteiger partial charge in [-0.2, -0.15) is 0 Å². The summed E-state index contributed by atoms with van der Waals surface area (Å²) >= 11 is 1.65. The third-order valence-electron chi connectivity index (χ3n) is 2.78. The van der Waals surface area contributed by atoms with Crippen molar-refractivity contribution >= 4 is 27.1 Å². The number of halogens is 1. The second kappa shape index (κ2) is 3.86. The number of anilines is 1. The molecule has 1 nitrogen and oxygen atoms in total. The van der Waals surface area contributed by atoms with Crippen LogP contribution in [-0.2, 0) is 0 Å². The van der Waals surface area contributed by atoms with Gasteiger partial charge in [-0.1, -0.05) is 18.2 Å². The lowest BCUT2D eigenvalue weighted by atomic mass is 10.0. The maximum absolute atomic E-state index is 13.3. The highest BCUT2D eigenvalue weighted by atomic mass is 32.1. The molecule has 0 amide bonds. The highest BCUT2D eigenvalue weighted by Crippen LogP contribution is 2.35. The molecule has 17 heavy (non-hydrogen) atoms. The van der Waals surface area contributed by atoms with Gasteiger partial charge < -0.3 is 5.73 Å². The minimum absolute atomic E-state index is 0.261. The van der Waals surface area contributed by atoms with Crippen molar-refractivity contribution in [1.82, 2.24) is 0 Å². The SMILES string of the molecule is Nc1ccc(F)cc1-c1cccc2ccsc12. The molecule has 0 saturated carbocycles. The molecule has 3 aromatic rings. The minimum atomic E-state index is -0.261. The molecule has 0 radical (unpaired) electrons. The Kier molecular flexibility index (Phi) is 2.34. The molecule has 0 bridgehead atoms. The third kappa shape index (κ3) is 1.68. The Morgan fingerprint density at radius 2 is 1.88 bits per heavy atom. The molecule has 1 heterocycles. The predicted octanol–water partition coefficient (Wildman–Crippen LogP) is 4.29. The molecule has 3 rings (SSSR count). The predicted molar refractivity (Wildman–Crippen MR) is 71.6 cm³/mol. The van der Waals surface area contributed by atoms with E-state index in [9.17, 15) is 4.39 Å². The van der Waals surface area contributed by atoms with E-state index in [2.05, 4.69) is 6.07 Å². The summed E-state index contributed by atoms with van der Waals surface area (Å²) in [6.07, 6.45) is 0. The van der Waals surface area contributed by atoms with Gasteiger partial charge in [-0.25, -0.2) is 4.39 Å². The molecule has 0 unspecified atom stereocenters. The quantitative estimate of drug-likeness (QED) is 0.634. The summed E-state index contributed by atoms with van der Waals surface area (Å²) in [6, 6.07) is 12.5. The monoisotopic (exact) mass is 243 g/mol. The standard InChI is InChI=1S/C14H10FNS/c15-10-4-5-13(16)12(8-10)11-3-1-2-9-6-7-17-14(9)11/h1-8H,16H2. The Hall–Kier alpha value is -1.87. The fourth-order valence-corrected chi connectivity index (χ4v) is 2.89. The van der Waals surface area contributed by atoms with Crippen molar-refractivity contribution in [2.45, 2.75) is 0 Å². The summed E-state index contributed by atoms with van der Waals surface area (Å²) in [7, 11) is 0. The second-order valence-electron chi connectivity index (χ2n) is 3.88. The van der Waals surface area contributed by atoms with E-state index in [4.69, 9.17) is 5.73 Å². The molecule has 0 fully saturated rings. The number of hydrogen-bond donors (Lipinski definition) is 1. The van der Waals surface area contributed by atoms with Gasteiger partial charge in [0.1, 0.15) is 5.82 Å². The average molecular weight is 243 g/mol. The number of benzene rings is 2. The molecule has 0 spiro atoms. The van der Waals surface area contributed by atoms with Gasteiger partial charge in [-0.15, -0.1) is 11.3 Å². The first kappa shape index (κ1) is 10.3. The van der Waals surface area contributed by atoms with Crippen molar-refractivity contribution in [2.75, 3.05) is 5.73 Å². The van der Waals surface area contributed by atoms with Crippen LogP contribution in [0.3, 0.4) is 0 Å². The molecule has 3 heteroatoms. The van der Waals surface area contributed by atoms with E-state index in [0.717, 1.165) is 21.2 Å². The van der Waals surface area contributed by atoms with E-state index in [1.165, 1.54) is 12.1 Å². The summed E-state index contributed by atoms with van der Waals surface area (Å²) in [5, 5.41) is 3.19. The van der Waals surface area contributed by atoms with Crippen molar-refractivity contribution in [2.24, 2.45) is 0 Å². The molecule has 0 atom stereocenters. The lowest BCUT2D eigenvalue weighted by Gasteiger charge is -2.07. The molecular formula is C14H10FNS. The van der Waals surface area contributed by atoms with Crippen molar-refractivity contribution in [3.63, 3.8) is 0 Å². The van der Waals surface area contributed by atoms with Gasteiger partial charge in [0.15, 0.2) is 0 Å². The molecular weight excluding hydrogens is 233 g/mol. The summed E-state index contributed by atoms with van der Waals surface area (Å²) < 4.78 is 14.5. The van der Waals surface area contributed by atoms with E-state index in [1.807, 2.05) is 23.6 Å². The van der Waals surface area contributed by atoms with E-state index in [1.54, 1.807) is 17.4 Å². The molecule has 0 aliphatic carbocycles. The zero-order chi connectivity index (χ0) is 11.8. The minimum Gasteiger partial charge on any atom is -0.398 e. The van der Waals surface area contributed by atoms with Gasteiger partial charge in [-0.3, -0.25) is 0 Å². The molecule has 0 aliphatic heterocycles. The highest BCUT2D eigenvalue weighted by molar-refractivity contribution is 7.17. The van der Waals surface area contributed by atoms with Gasteiger partial charge in [-0.05, 0) is 35.0 Å². The Bertz CT molecular complexity index is 688. The Balaban J connectivity index is 2.34. The molecule has 2 aromatic carbocycles. The first-order chi connectivity index (χ1) is 8.25. The van der Waals surface area contributed by atoms with Gasteiger partial charge >= 0.3 is 0 Å². The van der Waals surface area contributed by atoms with Gasteiger partial charge in [0.2, 0.25) is 0 Å². The Labute approximate surface area is 102 Å². The number of fused-ring (bicyclic) bond motifs is 1. The number of rotatable bonds is 1. The van der Waals surface area contributed by atoms with Crippen LogP contribution in [0.5, 0.6) is 0 Å². The Morgan fingerprint density at radius 3 is 2.76 bits per heavy atom. The van der Waals surface area contributed by atoms with Crippen molar-refractivity contribution in [3.05, 3.63) is 53.7 Å². The first-order valence-corrected chi connectivity index (χ1v) is 6.15. The van der Waals surface area contributed by atoms with Gasteiger partial charge in [0.25, 0.3) is 0 Å². The highest BCUT2D eigenvalue weighted by Gasteiger charge is 2.08. The zero-order valence-corrected chi connectivity index (χ0v) is 9.80. The fourth-order valence-electron chi connectivity index (χ4n) is 1.97. The van der Waals surface area contributed by atoms with Crippen LogP contribution in [-0.4, -0.2) is 0 Å². The van der Waals surface area contributed by atoms with E-state index in [0.29, 0.717) is 5.69 Å². The van der Waals surface area contributed by atoms with Crippen molar-refractivity contribution < 1.29 is 4.39 Å². The smallest absolute Gasteiger partial charge is 0.123 e. The largest absolute Gasteiger partial charge is 0.398 e. The van der Waals surface area contributed by atoms with E-state index >= 15 is 0 Å². The Morgan fingerprint density at radius 1 is 1.00 bits per heavy atom. The summed E-state index contributed by atoms with van der Waals surface area (Å²) in [5.74, 6) is -0.261. The van der Waals surface area contributed by atoms with Crippen LogP contribution in [0.1, 0.15) is 0 Å². The topological polar surface area (TPSA) is 26.0 Å². The molecule has 2 N–H and O–H groups in total. The van der Waals surface area contributed by atoms with Crippen LogP contribution in [0.2, 0.25) is 0 Å². The van der Waals surface area contributed by atoms with Gasteiger partial charge in [0, 0.05) is 21.5 Å². The summed E-state index contributed by atoms with van der Waals surface area (Å²) in [5.41, 5.74) is 8.28. The number of thiophene rings is 1. The zero-order valence-electron chi connectivity index (χ0n) is 8.98. The van der Waals surface area contributed by atoms with Crippen LogP contribution >= 0.6 is 11.3 Å². The molecule has 0 saturated heterocycles. The van der Waals surface area contributed by atoms with E-state index in [-0.39, 0.29) is 5.82 Å². The van der Waals surface area contributed by atoms with Gasteiger partial charge in [0.05, 0.1) is 0 Å². The van der Waals surface area contributed by atoms with Crippen LogP contribution in [0.25, 0.3) is 21.2 Å². The lowest BCUT2D eigenvalue weighted by molar-refractivity contribution is 0.628.